The van der Waals surface area contributed by atoms with Crippen molar-refractivity contribution in [3.05, 3.63) is 29.3 Å². The number of hydrogen-bond donors (Lipinski definition) is 1. The first-order valence-electron chi connectivity index (χ1n) is 6.70. The molecule has 5 nitrogen and oxygen atoms in total. The summed E-state index contributed by atoms with van der Waals surface area (Å²) in [5.74, 6) is 0. The number of rotatable bonds is 8. The molecule has 1 rings (SSSR count). The summed E-state index contributed by atoms with van der Waals surface area (Å²) in [6, 6.07) is 5.06. The smallest absolute Gasteiger partial charge is 0.240 e. The third-order valence-corrected chi connectivity index (χ3v) is 4.36. The molecule has 0 aliphatic heterocycles. The summed E-state index contributed by atoms with van der Waals surface area (Å²) in [7, 11) is -3.54. The predicted octanol–water partition coefficient (Wildman–Crippen LogP) is 1.98. The zero-order chi connectivity index (χ0) is 15.2. The lowest BCUT2D eigenvalue weighted by Crippen LogP contribution is -2.35. The Labute approximate surface area is 121 Å². The van der Waals surface area contributed by atoms with E-state index in [1.807, 2.05) is 27.7 Å². The van der Waals surface area contributed by atoms with Crippen molar-refractivity contribution in [3.8, 4) is 0 Å². The molecule has 0 unspecified atom stereocenters. The van der Waals surface area contributed by atoms with E-state index in [4.69, 9.17) is 9.47 Å². The maximum atomic E-state index is 12.2. The molecule has 1 N–H and O–H groups in total. The monoisotopic (exact) mass is 301 g/mol. The maximum absolute atomic E-state index is 12.2. The summed E-state index contributed by atoms with van der Waals surface area (Å²) in [6.07, 6.45) is -0.564. The average molecular weight is 301 g/mol. The largest absolute Gasteiger partial charge is 0.352 e. The van der Waals surface area contributed by atoms with E-state index < -0.39 is 16.3 Å². The van der Waals surface area contributed by atoms with Gasteiger partial charge in [0.15, 0.2) is 6.29 Å². The van der Waals surface area contributed by atoms with Gasteiger partial charge in [-0.2, -0.15) is 0 Å². The fraction of sp³-hybridized carbons (Fsp3) is 0.571. The summed E-state index contributed by atoms with van der Waals surface area (Å²) < 4.78 is 37.5. The number of aryl methyl sites for hydroxylation is 2. The molecule has 0 bridgehead atoms. The van der Waals surface area contributed by atoms with Crippen molar-refractivity contribution in [2.45, 2.75) is 38.9 Å². The van der Waals surface area contributed by atoms with Crippen LogP contribution in [0.1, 0.15) is 25.0 Å². The van der Waals surface area contributed by atoms with Crippen molar-refractivity contribution in [1.29, 1.82) is 0 Å². The summed E-state index contributed by atoms with van der Waals surface area (Å²) in [5.41, 5.74) is 2.00. The highest BCUT2D eigenvalue weighted by Crippen LogP contribution is 2.14. The van der Waals surface area contributed by atoms with Crippen LogP contribution < -0.4 is 4.72 Å². The number of hydrogen-bond acceptors (Lipinski definition) is 4. The van der Waals surface area contributed by atoms with Crippen molar-refractivity contribution < 1.29 is 17.9 Å². The Kier molecular flexibility index (Phi) is 6.61. The second kappa shape index (κ2) is 7.73. The van der Waals surface area contributed by atoms with Gasteiger partial charge in [-0.25, -0.2) is 13.1 Å². The molecule has 0 atom stereocenters. The molecule has 0 saturated heterocycles. The lowest BCUT2D eigenvalue weighted by molar-refractivity contribution is -0.130. The molecule has 0 heterocycles. The standard InChI is InChI=1S/C14H23NO4S/c1-5-18-14(19-6-2)10-15-20(16,17)13-8-7-11(3)12(4)9-13/h7-9,14-15H,5-6,10H2,1-4H3. The van der Waals surface area contributed by atoms with Gasteiger partial charge in [0, 0.05) is 13.2 Å². The second-order valence-electron chi connectivity index (χ2n) is 4.44. The number of nitrogens with one attached hydrogen (secondary N) is 1. The Balaban J connectivity index is 2.75. The highest BCUT2D eigenvalue weighted by molar-refractivity contribution is 7.89. The van der Waals surface area contributed by atoms with Crippen molar-refractivity contribution in [1.82, 2.24) is 4.72 Å². The first kappa shape index (κ1) is 17.1. The Bertz CT molecular complexity index is 522. The first-order valence-corrected chi connectivity index (χ1v) is 8.19. The highest BCUT2D eigenvalue weighted by atomic mass is 32.2. The lowest BCUT2D eigenvalue weighted by Gasteiger charge is -2.17. The molecule has 0 aliphatic rings. The van der Waals surface area contributed by atoms with E-state index >= 15 is 0 Å². The van der Waals surface area contributed by atoms with Crippen LogP contribution in [0.2, 0.25) is 0 Å². The topological polar surface area (TPSA) is 64.6 Å². The molecule has 0 fully saturated rings. The maximum Gasteiger partial charge on any atom is 0.240 e. The van der Waals surface area contributed by atoms with Crippen LogP contribution in [0.4, 0.5) is 0 Å². The van der Waals surface area contributed by atoms with E-state index in [-0.39, 0.29) is 11.4 Å². The van der Waals surface area contributed by atoms with Crippen LogP contribution in [0.5, 0.6) is 0 Å². The van der Waals surface area contributed by atoms with Gasteiger partial charge >= 0.3 is 0 Å². The van der Waals surface area contributed by atoms with Crippen molar-refractivity contribution in [3.63, 3.8) is 0 Å². The molecule has 1 aromatic carbocycles. The summed E-state index contributed by atoms with van der Waals surface area (Å²) in [5, 5.41) is 0. The molecule has 0 aliphatic carbocycles. The third-order valence-electron chi connectivity index (χ3n) is 2.93. The minimum Gasteiger partial charge on any atom is -0.352 e. The van der Waals surface area contributed by atoms with E-state index in [0.717, 1.165) is 11.1 Å². The van der Waals surface area contributed by atoms with Crippen LogP contribution in [0.15, 0.2) is 23.1 Å². The Morgan fingerprint density at radius 1 is 1.10 bits per heavy atom. The molecule has 0 amide bonds. The van der Waals surface area contributed by atoms with E-state index in [1.165, 1.54) is 0 Å². The predicted molar refractivity (Wildman–Crippen MR) is 78.1 cm³/mol. The Morgan fingerprint density at radius 2 is 1.70 bits per heavy atom. The first-order chi connectivity index (χ1) is 9.40. The van der Waals surface area contributed by atoms with Gasteiger partial charge in [-0.15, -0.1) is 0 Å². The second-order valence-corrected chi connectivity index (χ2v) is 6.21. The minimum atomic E-state index is -3.54. The molecule has 0 radical (unpaired) electrons. The van der Waals surface area contributed by atoms with Gasteiger partial charge in [-0.1, -0.05) is 6.07 Å². The zero-order valence-electron chi connectivity index (χ0n) is 12.5. The molecule has 20 heavy (non-hydrogen) atoms. The highest BCUT2D eigenvalue weighted by Gasteiger charge is 2.17. The van der Waals surface area contributed by atoms with Crippen LogP contribution >= 0.6 is 0 Å². The molecular weight excluding hydrogens is 278 g/mol. The Morgan fingerprint density at radius 3 is 2.20 bits per heavy atom. The summed E-state index contributed by atoms with van der Waals surface area (Å²) >= 11 is 0. The number of sulfonamides is 1. The Hall–Kier alpha value is -0.950. The minimum absolute atomic E-state index is 0.0942. The third kappa shape index (κ3) is 4.86. The van der Waals surface area contributed by atoms with Crippen LogP contribution in [-0.4, -0.2) is 34.5 Å². The molecular formula is C14H23NO4S. The van der Waals surface area contributed by atoms with Gasteiger partial charge < -0.3 is 9.47 Å². The SMILES string of the molecule is CCOC(CNS(=O)(=O)c1ccc(C)c(C)c1)OCC. The van der Waals surface area contributed by atoms with Gasteiger partial charge in [0.1, 0.15) is 0 Å². The van der Waals surface area contributed by atoms with Crippen LogP contribution in [0, 0.1) is 13.8 Å². The van der Waals surface area contributed by atoms with Gasteiger partial charge in [0.25, 0.3) is 0 Å². The average Bonchev–Trinajstić information content (AvgIpc) is 2.39. The van der Waals surface area contributed by atoms with E-state index in [0.29, 0.717) is 13.2 Å². The normalized spacial score (nSPS) is 12.1. The molecule has 114 valence electrons. The number of benzene rings is 1. The quantitative estimate of drug-likeness (QED) is 0.746. The zero-order valence-corrected chi connectivity index (χ0v) is 13.3. The van der Waals surface area contributed by atoms with Crippen LogP contribution in [0.25, 0.3) is 0 Å². The lowest BCUT2D eigenvalue weighted by atomic mass is 10.1. The van der Waals surface area contributed by atoms with Gasteiger partial charge in [0.05, 0.1) is 11.4 Å². The van der Waals surface area contributed by atoms with Crippen molar-refractivity contribution >= 4 is 10.0 Å². The van der Waals surface area contributed by atoms with Crippen LogP contribution in [-0.2, 0) is 19.5 Å². The van der Waals surface area contributed by atoms with Gasteiger partial charge in [-0.05, 0) is 51.0 Å². The molecule has 0 aromatic heterocycles. The van der Waals surface area contributed by atoms with Crippen molar-refractivity contribution in [2.24, 2.45) is 0 Å². The van der Waals surface area contributed by atoms with Crippen LogP contribution in [0.3, 0.4) is 0 Å². The van der Waals surface area contributed by atoms with E-state index in [2.05, 4.69) is 4.72 Å². The van der Waals surface area contributed by atoms with E-state index in [1.54, 1.807) is 18.2 Å². The number of ether oxygens (including phenoxy) is 2. The summed E-state index contributed by atoms with van der Waals surface area (Å²) in [4.78, 5) is 0.257. The fourth-order valence-corrected chi connectivity index (χ4v) is 2.78. The van der Waals surface area contributed by atoms with Crippen molar-refractivity contribution in [2.75, 3.05) is 19.8 Å². The van der Waals surface area contributed by atoms with Gasteiger partial charge in [0.2, 0.25) is 10.0 Å². The molecule has 0 spiro atoms. The van der Waals surface area contributed by atoms with Gasteiger partial charge in [-0.3, -0.25) is 0 Å². The molecule has 0 saturated carbocycles. The molecule has 6 heteroatoms. The molecule has 1 aromatic rings. The summed E-state index contributed by atoms with van der Waals surface area (Å²) in [6.45, 7) is 8.54. The van der Waals surface area contributed by atoms with E-state index in [9.17, 15) is 8.42 Å². The fourth-order valence-electron chi connectivity index (χ4n) is 1.68.